The van der Waals surface area contributed by atoms with E-state index < -0.39 is 10.0 Å². The number of methoxy groups -OCH3 is 1. The maximum absolute atomic E-state index is 12.3. The quantitative estimate of drug-likeness (QED) is 0.779. The van der Waals surface area contributed by atoms with Gasteiger partial charge in [0.15, 0.2) is 5.75 Å². The van der Waals surface area contributed by atoms with Crippen LogP contribution in [0, 0.1) is 0 Å². The molecule has 0 bridgehead atoms. The van der Waals surface area contributed by atoms with Crippen LogP contribution in [0.4, 0.5) is 0 Å². The molecule has 1 aromatic rings. The molecule has 1 N–H and O–H groups in total. The smallest absolute Gasteiger partial charge is 0.244 e. The van der Waals surface area contributed by atoms with Gasteiger partial charge in [-0.25, -0.2) is 13.1 Å². The standard InChI is InChI=1S/C13H20Cl2N2O3S/c1-4-17(5-2)9-8-16-21(18,19)11-7-6-10(14)12(15)13(11)20-3/h6-7,16H,4-5,8-9H2,1-3H3. The maximum atomic E-state index is 12.3. The molecule has 0 aromatic heterocycles. The van der Waals surface area contributed by atoms with Crippen molar-refractivity contribution in [2.24, 2.45) is 0 Å². The summed E-state index contributed by atoms with van der Waals surface area (Å²) in [4.78, 5) is 2.10. The first-order valence-electron chi connectivity index (χ1n) is 6.61. The number of likely N-dealkylation sites (N-methyl/N-ethyl adjacent to an activating group) is 1. The van der Waals surface area contributed by atoms with Gasteiger partial charge in [0.25, 0.3) is 0 Å². The first-order valence-corrected chi connectivity index (χ1v) is 8.85. The Bertz CT molecular complexity index is 575. The van der Waals surface area contributed by atoms with Crippen molar-refractivity contribution in [1.29, 1.82) is 0 Å². The molecule has 0 unspecified atom stereocenters. The summed E-state index contributed by atoms with van der Waals surface area (Å²) < 4.78 is 32.3. The van der Waals surface area contributed by atoms with Gasteiger partial charge in [-0.3, -0.25) is 0 Å². The topological polar surface area (TPSA) is 58.6 Å². The maximum Gasteiger partial charge on any atom is 0.244 e. The molecule has 0 radical (unpaired) electrons. The number of ether oxygens (including phenoxy) is 1. The van der Waals surface area contributed by atoms with Gasteiger partial charge in [-0.1, -0.05) is 37.0 Å². The Morgan fingerprint density at radius 2 is 1.86 bits per heavy atom. The minimum Gasteiger partial charge on any atom is -0.494 e. The molecule has 0 aliphatic rings. The van der Waals surface area contributed by atoms with Crippen molar-refractivity contribution >= 4 is 33.2 Å². The molecular formula is C13H20Cl2N2O3S. The lowest BCUT2D eigenvalue weighted by atomic mass is 10.3. The average molecular weight is 355 g/mol. The summed E-state index contributed by atoms with van der Waals surface area (Å²) in [5.74, 6) is 0.0551. The van der Waals surface area contributed by atoms with Gasteiger partial charge >= 0.3 is 0 Å². The van der Waals surface area contributed by atoms with E-state index in [0.717, 1.165) is 13.1 Å². The molecule has 21 heavy (non-hydrogen) atoms. The number of rotatable bonds is 8. The lowest BCUT2D eigenvalue weighted by Crippen LogP contribution is -2.34. The molecule has 0 atom stereocenters. The Labute approximate surface area is 136 Å². The molecule has 0 saturated heterocycles. The Kier molecular flexibility index (Phi) is 7.23. The largest absolute Gasteiger partial charge is 0.494 e. The van der Waals surface area contributed by atoms with Crippen molar-refractivity contribution in [2.75, 3.05) is 33.3 Å². The molecule has 8 heteroatoms. The van der Waals surface area contributed by atoms with E-state index in [1.54, 1.807) is 0 Å². The van der Waals surface area contributed by atoms with Crippen molar-refractivity contribution in [2.45, 2.75) is 18.7 Å². The van der Waals surface area contributed by atoms with Crippen molar-refractivity contribution < 1.29 is 13.2 Å². The summed E-state index contributed by atoms with van der Waals surface area (Å²) in [5.41, 5.74) is 0. The number of sulfonamides is 1. The van der Waals surface area contributed by atoms with Crippen LogP contribution in [0.1, 0.15) is 13.8 Å². The predicted molar refractivity (Wildman–Crippen MR) is 86.0 cm³/mol. The number of halogens is 2. The SMILES string of the molecule is CCN(CC)CCNS(=O)(=O)c1ccc(Cl)c(Cl)c1OC. The normalized spacial score (nSPS) is 11.9. The van der Waals surface area contributed by atoms with Crippen LogP contribution in [0.25, 0.3) is 0 Å². The second-order valence-corrected chi connectivity index (χ2v) is 6.84. The van der Waals surface area contributed by atoms with Gasteiger partial charge in [-0.05, 0) is 25.2 Å². The van der Waals surface area contributed by atoms with Crippen LogP contribution < -0.4 is 9.46 Å². The van der Waals surface area contributed by atoms with Crippen molar-refractivity contribution in [3.63, 3.8) is 0 Å². The summed E-state index contributed by atoms with van der Waals surface area (Å²) in [7, 11) is -2.35. The molecule has 0 fully saturated rings. The van der Waals surface area contributed by atoms with Gasteiger partial charge in [-0.2, -0.15) is 0 Å². The zero-order chi connectivity index (χ0) is 16.0. The van der Waals surface area contributed by atoms with Crippen molar-refractivity contribution in [3.8, 4) is 5.75 Å². The third-order valence-electron chi connectivity index (χ3n) is 3.12. The summed E-state index contributed by atoms with van der Waals surface area (Å²) >= 11 is 11.8. The summed E-state index contributed by atoms with van der Waals surface area (Å²) in [6, 6.07) is 2.82. The fraction of sp³-hybridized carbons (Fsp3) is 0.538. The molecule has 5 nitrogen and oxygen atoms in total. The lowest BCUT2D eigenvalue weighted by molar-refractivity contribution is 0.309. The Morgan fingerprint density at radius 1 is 1.24 bits per heavy atom. The first kappa shape index (κ1) is 18.5. The minimum absolute atomic E-state index is 0.0149. The molecule has 0 heterocycles. The van der Waals surface area contributed by atoms with Crippen LogP contribution in [0.2, 0.25) is 10.0 Å². The van der Waals surface area contributed by atoms with Gasteiger partial charge in [0.1, 0.15) is 9.92 Å². The fourth-order valence-corrected chi connectivity index (χ4v) is 3.51. The predicted octanol–water partition coefficient (Wildman–Crippen LogP) is 2.62. The van der Waals surface area contributed by atoms with E-state index in [4.69, 9.17) is 27.9 Å². The van der Waals surface area contributed by atoms with Crippen LogP contribution in [0.15, 0.2) is 17.0 Å². The number of hydrogen-bond donors (Lipinski definition) is 1. The molecule has 0 spiro atoms. The molecule has 0 aliphatic heterocycles. The Hall–Kier alpha value is -0.530. The van der Waals surface area contributed by atoms with Gasteiger partial charge in [0.05, 0.1) is 12.1 Å². The zero-order valence-corrected chi connectivity index (χ0v) is 14.6. The van der Waals surface area contributed by atoms with Crippen LogP contribution in [0.3, 0.4) is 0 Å². The molecular weight excluding hydrogens is 335 g/mol. The van der Waals surface area contributed by atoms with Gasteiger partial charge in [-0.15, -0.1) is 0 Å². The lowest BCUT2D eigenvalue weighted by Gasteiger charge is -2.18. The Balaban J connectivity index is 2.91. The fourth-order valence-electron chi connectivity index (χ4n) is 1.87. The zero-order valence-electron chi connectivity index (χ0n) is 12.3. The van der Waals surface area contributed by atoms with E-state index in [1.807, 2.05) is 13.8 Å². The highest BCUT2D eigenvalue weighted by atomic mass is 35.5. The van der Waals surface area contributed by atoms with E-state index in [1.165, 1.54) is 19.2 Å². The second-order valence-electron chi connectivity index (χ2n) is 4.32. The third-order valence-corrected chi connectivity index (χ3v) is 5.39. The van der Waals surface area contributed by atoms with E-state index in [9.17, 15) is 8.42 Å². The highest BCUT2D eigenvalue weighted by Crippen LogP contribution is 2.37. The molecule has 0 aliphatic carbocycles. The second kappa shape index (κ2) is 8.19. The molecule has 1 aromatic carbocycles. The summed E-state index contributed by atoms with van der Waals surface area (Å²) in [6.07, 6.45) is 0. The molecule has 0 saturated carbocycles. The number of benzene rings is 1. The number of hydrogen-bond acceptors (Lipinski definition) is 4. The number of nitrogens with one attached hydrogen (secondary N) is 1. The van der Waals surface area contributed by atoms with Gasteiger partial charge < -0.3 is 9.64 Å². The van der Waals surface area contributed by atoms with Crippen molar-refractivity contribution in [3.05, 3.63) is 22.2 Å². The molecule has 0 amide bonds. The van der Waals surface area contributed by atoms with E-state index in [-0.39, 0.29) is 20.7 Å². The minimum atomic E-state index is -3.70. The monoisotopic (exact) mass is 354 g/mol. The average Bonchev–Trinajstić information content (AvgIpc) is 2.46. The molecule has 1 rings (SSSR count). The van der Waals surface area contributed by atoms with Crippen molar-refractivity contribution in [1.82, 2.24) is 9.62 Å². The highest BCUT2D eigenvalue weighted by molar-refractivity contribution is 7.89. The summed E-state index contributed by atoms with van der Waals surface area (Å²) in [6.45, 7) is 6.74. The summed E-state index contributed by atoms with van der Waals surface area (Å²) in [5, 5.41) is 0.335. The Morgan fingerprint density at radius 3 is 2.38 bits per heavy atom. The van der Waals surface area contributed by atoms with Crippen LogP contribution in [0.5, 0.6) is 5.75 Å². The van der Waals surface area contributed by atoms with Crippen LogP contribution in [-0.4, -0.2) is 46.6 Å². The van der Waals surface area contributed by atoms with Crippen LogP contribution in [-0.2, 0) is 10.0 Å². The third kappa shape index (κ3) is 4.72. The highest BCUT2D eigenvalue weighted by Gasteiger charge is 2.22. The van der Waals surface area contributed by atoms with E-state index in [2.05, 4.69) is 9.62 Å². The van der Waals surface area contributed by atoms with Crippen LogP contribution >= 0.6 is 23.2 Å². The van der Waals surface area contributed by atoms with Gasteiger partial charge in [0.2, 0.25) is 10.0 Å². The molecule has 120 valence electrons. The van der Waals surface area contributed by atoms with E-state index in [0.29, 0.717) is 13.1 Å². The van der Waals surface area contributed by atoms with Gasteiger partial charge in [0, 0.05) is 13.1 Å². The first-order chi connectivity index (χ1) is 9.87. The van der Waals surface area contributed by atoms with E-state index >= 15 is 0 Å². The number of nitrogens with zero attached hydrogens (tertiary/aromatic N) is 1.